The van der Waals surface area contributed by atoms with E-state index in [1.165, 1.54) is 0 Å². The fourth-order valence-corrected chi connectivity index (χ4v) is 1.15. The van der Waals surface area contributed by atoms with E-state index in [2.05, 4.69) is 16.0 Å². The van der Waals surface area contributed by atoms with Crippen LogP contribution in [0.2, 0.25) is 0 Å². The third-order valence-electron chi connectivity index (χ3n) is 1.95. The van der Waals surface area contributed by atoms with Gasteiger partial charge in [0.05, 0.1) is 11.6 Å². The van der Waals surface area contributed by atoms with E-state index in [4.69, 9.17) is 6.42 Å². The Hall–Kier alpha value is -1.82. The minimum Gasteiger partial charge on any atom is -0.237 e. The molecule has 2 aromatic rings. The van der Waals surface area contributed by atoms with E-state index in [-0.39, 0.29) is 5.92 Å². The van der Waals surface area contributed by atoms with E-state index in [1.54, 1.807) is 10.7 Å². The molecule has 0 saturated heterocycles. The first-order chi connectivity index (χ1) is 6.31. The van der Waals surface area contributed by atoms with Crippen LogP contribution in [0.3, 0.4) is 0 Å². The van der Waals surface area contributed by atoms with E-state index < -0.39 is 0 Å². The van der Waals surface area contributed by atoms with Crippen LogP contribution < -0.4 is 0 Å². The molecule has 2 heterocycles. The highest BCUT2D eigenvalue weighted by Gasteiger charge is 2.06. The van der Waals surface area contributed by atoms with Crippen LogP contribution in [0, 0.1) is 12.3 Å². The van der Waals surface area contributed by atoms with Crippen LogP contribution in [-0.4, -0.2) is 14.6 Å². The number of rotatable bonds is 1. The largest absolute Gasteiger partial charge is 0.237 e. The van der Waals surface area contributed by atoms with E-state index in [0.29, 0.717) is 0 Å². The van der Waals surface area contributed by atoms with Gasteiger partial charge in [0, 0.05) is 18.5 Å². The van der Waals surface area contributed by atoms with Crippen molar-refractivity contribution in [2.24, 2.45) is 0 Å². The summed E-state index contributed by atoms with van der Waals surface area (Å²) in [6, 6.07) is 3.74. The first-order valence-corrected chi connectivity index (χ1v) is 4.07. The van der Waals surface area contributed by atoms with Crippen LogP contribution in [0.4, 0.5) is 0 Å². The normalized spacial score (nSPS) is 12.6. The predicted octanol–water partition coefficient (Wildman–Crippen LogP) is 1.47. The topological polar surface area (TPSA) is 30.2 Å². The Kier molecular flexibility index (Phi) is 1.75. The lowest BCUT2D eigenvalue weighted by Gasteiger charge is -1.94. The van der Waals surface area contributed by atoms with Crippen molar-refractivity contribution in [3.63, 3.8) is 0 Å². The van der Waals surface area contributed by atoms with E-state index in [0.717, 1.165) is 11.3 Å². The number of terminal acetylenes is 1. The number of hydrogen-bond donors (Lipinski definition) is 0. The standard InChI is InChI=1S/C10H9N3/c1-3-8(2)9-7-10-11-5-4-6-13(10)12-9/h1,4-8H,2H3. The summed E-state index contributed by atoms with van der Waals surface area (Å²) in [4.78, 5) is 4.15. The van der Waals surface area contributed by atoms with E-state index in [9.17, 15) is 0 Å². The molecular weight excluding hydrogens is 162 g/mol. The van der Waals surface area contributed by atoms with Gasteiger partial charge < -0.3 is 0 Å². The molecule has 0 amide bonds. The fraction of sp³-hybridized carbons (Fsp3) is 0.200. The molecule has 0 aliphatic rings. The molecule has 0 saturated carbocycles. The highest BCUT2D eigenvalue weighted by atomic mass is 15.2. The van der Waals surface area contributed by atoms with Crippen molar-refractivity contribution in [1.29, 1.82) is 0 Å². The Morgan fingerprint density at radius 1 is 1.62 bits per heavy atom. The Morgan fingerprint density at radius 3 is 3.15 bits per heavy atom. The zero-order valence-electron chi connectivity index (χ0n) is 7.31. The fourth-order valence-electron chi connectivity index (χ4n) is 1.15. The molecule has 0 aliphatic heterocycles. The molecule has 3 nitrogen and oxygen atoms in total. The summed E-state index contributed by atoms with van der Waals surface area (Å²) in [5.41, 5.74) is 1.72. The van der Waals surface area contributed by atoms with Gasteiger partial charge in [0.15, 0.2) is 5.65 Å². The highest BCUT2D eigenvalue weighted by molar-refractivity contribution is 5.40. The SMILES string of the molecule is C#CC(C)c1cc2ncccn2n1. The second kappa shape index (κ2) is 2.91. The van der Waals surface area contributed by atoms with Crippen molar-refractivity contribution in [3.05, 3.63) is 30.2 Å². The zero-order chi connectivity index (χ0) is 9.26. The maximum Gasteiger partial charge on any atom is 0.155 e. The Bertz CT molecular complexity index is 431. The van der Waals surface area contributed by atoms with Gasteiger partial charge in [0.25, 0.3) is 0 Å². The molecule has 13 heavy (non-hydrogen) atoms. The number of fused-ring (bicyclic) bond motifs is 1. The van der Waals surface area contributed by atoms with Gasteiger partial charge in [-0.2, -0.15) is 5.10 Å². The molecule has 0 fully saturated rings. The third kappa shape index (κ3) is 1.27. The van der Waals surface area contributed by atoms with Crippen LogP contribution in [0.15, 0.2) is 24.5 Å². The maximum absolute atomic E-state index is 5.31. The van der Waals surface area contributed by atoms with Crippen molar-refractivity contribution >= 4 is 5.65 Å². The quantitative estimate of drug-likeness (QED) is 0.608. The molecule has 0 radical (unpaired) electrons. The van der Waals surface area contributed by atoms with Gasteiger partial charge in [-0.05, 0) is 13.0 Å². The number of nitrogens with zero attached hydrogens (tertiary/aromatic N) is 3. The second-order valence-corrected chi connectivity index (χ2v) is 2.88. The molecule has 64 valence electrons. The Morgan fingerprint density at radius 2 is 2.46 bits per heavy atom. The van der Waals surface area contributed by atoms with Crippen LogP contribution in [0.25, 0.3) is 5.65 Å². The summed E-state index contributed by atoms with van der Waals surface area (Å²) in [5, 5.41) is 4.30. The lowest BCUT2D eigenvalue weighted by Crippen LogP contribution is -1.91. The molecule has 0 spiro atoms. The first kappa shape index (κ1) is 7.81. The summed E-state index contributed by atoms with van der Waals surface area (Å²) in [5.74, 6) is 2.68. The van der Waals surface area contributed by atoms with E-state index in [1.807, 2.05) is 25.3 Å². The lowest BCUT2D eigenvalue weighted by molar-refractivity contribution is 0.852. The smallest absolute Gasteiger partial charge is 0.155 e. The molecule has 2 rings (SSSR count). The molecule has 2 aromatic heterocycles. The minimum absolute atomic E-state index is 0.0432. The summed E-state index contributed by atoms with van der Waals surface area (Å²) < 4.78 is 1.73. The highest BCUT2D eigenvalue weighted by Crippen LogP contribution is 2.12. The zero-order valence-corrected chi connectivity index (χ0v) is 7.31. The summed E-state index contributed by atoms with van der Waals surface area (Å²) in [6.07, 6.45) is 8.90. The summed E-state index contributed by atoms with van der Waals surface area (Å²) >= 11 is 0. The molecule has 1 unspecified atom stereocenters. The average Bonchev–Trinajstić information content (AvgIpc) is 2.59. The molecule has 0 aliphatic carbocycles. The van der Waals surface area contributed by atoms with E-state index >= 15 is 0 Å². The predicted molar refractivity (Wildman–Crippen MR) is 50.2 cm³/mol. The maximum atomic E-state index is 5.31. The van der Waals surface area contributed by atoms with Crippen molar-refractivity contribution < 1.29 is 0 Å². The number of hydrogen-bond acceptors (Lipinski definition) is 2. The molecular formula is C10H9N3. The lowest BCUT2D eigenvalue weighted by atomic mass is 10.1. The molecule has 1 atom stereocenters. The minimum atomic E-state index is 0.0432. The van der Waals surface area contributed by atoms with Gasteiger partial charge >= 0.3 is 0 Å². The van der Waals surface area contributed by atoms with Crippen LogP contribution in [0.5, 0.6) is 0 Å². The first-order valence-electron chi connectivity index (χ1n) is 4.07. The van der Waals surface area contributed by atoms with Gasteiger partial charge in [0.2, 0.25) is 0 Å². The summed E-state index contributed by atoms with van der Waals surface area (Å²) in [6.45, 7) is 1.95. The Balaban J connectivity index is 2.57. The van der Waals surface area contributed by atoms with Gasteiger partial charge in [-0.25, -0.2) is 9.50 Å². The second-order valence-electron chi connectivity index (χ2n) is 2.88. The molecule has 0 aromatic carbocycles. The Labute approximate surface area is 76.4 Å². The van der Waals surface area contributed by atoms with Crippen LogP contribution in [-0.2, 0) is 0 Å². The molecule has 3 heteroatoms. The van der Waals surface area contributed by atoms with Crippen molar-refractivity contribution in [3.8, 4) is 12.3 Å². The van der Waals surface area contributed by atoms with Crippen molar-refractivity contribution in [2.45, 2.75) is 12.8 Å². The monoisotopic (exact) mass is 171 g/mol. The summed E-state index contributed by atoms with van der Waals surface area (Å²) in [7, 11) is 0. The van der Waals surface area contributed by atoms with Gasteiger partial charge in [-0.1, -0.05) is 5.92 Å². The average molecular weight is 171 g/mol. The molecule has 0 N–H and O–H groups in total. The van der Waals surface area contributed by atoms with Crippen molar-refractivity contribution in [1.82, 2.24) is 14.6 Å². The van der Waals surface area contributed by atoms with Crippen molar-refractivity contribution in [2.75, 3.05) is 0 Å². The number of aromatic nitrogens is 3. The third-order valence-corrected chi connectivity index (χ3v) is 1.95. The van der Waals surface area contributed by atoms with Crippen LogP contribution in [0.1, 0.15) is 18.5 Å². The van der Waals surface area contributed by atoms with Gasteiger partial charge in [-0.15, -0.1) is 6.42 Å². The van der Waals surface area contributed by atoms with Crippen LogP contribution >= 0.6 is 0 Å². The van der Waals surface area contributed by atoms with Gasteiger partial charge in [0.1, 0.15) is 0 Å². The molecule has 0 bridgehead atoms. The van der Waals surface area contributed by atoms with Gasteiger partial charge in [-0.3, -0.25) is 0 Å².